The second-order valence-electron chi connectivity index (χ2n) is 14.3. The van der Waals surface area contributed by atoms with E-state index in [9.17, 15) is 18.0 Å². The maximum atomic E-state index is 13.5. The van der Waals surface area contributed by atoms with Gasteiger partial charge in [0, 0.05) is 42.2 Å². The van der Waals surface area contributed by atoms with Gasteiger partial charge in [0.25, 0.3) is 5.91 Å². The first kappa shape index (κ1) is 33.4. The van der Waals surface area contributed by atoms with Crippen LogP contribution in [0.2, 0.25) is 5.02 Å². The topological polar surface area (TPSA) is 105 Å². The third kappa shape index (κ3) is 6.60. The number of anilines is 1. The summed E-state index contributed by atoms with van der Waals surface area (Å²) in [5.41, 5.74) is 3.31. The van der Waals surface area contributed by atoms with Gasteiger partial charge in [-0.05, 0) is 111 Å². The highest BCUT2D eigenvalue weighted by molar-refractivity contribution is 7.90. The molecular weight excluding hydrogens is 650 g/mol. The molecule has 258 valence electrons. The SMILES string of the molecule is CC[C@@H]1CC/C=C/[C@H](OCC(=O)N2CCC2)[C@@H]2CC[C@H]2CN2C[C@@]3(CCCc4cc(Cl)ccc43)COc3ccc(cc32)C(=O)NS1(=O)=O. The van der Waals surface area contributed by atoms with Crippen molar-refractivity contribution < 1.29 is 27.5 Å². The number of sulfonamides is 1. The Morgan fingerprint density at radius 3 is 2.73 bits per heavy atom. The summed E-state index contributed by atoms with van der Waals surface area (Å²) < 4.78 is 42.2. The minimum atomic E-state index is -3.92. The van der Waals surface area contributed by atoms with Gasteiger partial charge in [0.15, 0.2) is 0 Å². The molecule has 7 rings (SSSR count). The Kier molecular flexibility index (Phi) is 9.52. The third-order valence-electron chi connectivity index (χ3n) is 11.4. The fourth-order valence-corrected chi connectivity index (χ4v) is 9.92. The predicted molar refractivity (Wildman–Crippen MR) is 186 cm³/mol. The lowest BCUT2D eigenvalue weighted by atomic mass is 9.68. The first-order valence-corrected chi connectivity index (χ1v) is 19.5. The number of ether oxygens (including phenoxy) is 2. The van der Waals surface area contributed by atoms with E-state index in [4.69, 9.17) is 21.1 Å². The fourth-order valence-electron chi connectivity index (χ4n) is 8.30. The van der Waals surface area contributed by atoms with Crippen LogP contribution < -0.4 is 14.4 Å². The van der Waals surface area contributed by atoms with E-state index in [2.05, 4.69) is 21.8 Å². The Labute approximate surface area is 289 Å². The fraction of sp³-hybridized carbons (Fsp3) is 0.568. The van der Waals surface area contributed by atoms with Crippen LogP contribution in [0.5, 0.6) is 5.75 Å². The maximum Gasteiger partial charge on any atom is 0.264 e. The normalized spacial score (nSPS) is 30.4. The molecule has 2 aliphatic carbocycles. The van der Waals surface area contributed by atoms with E-state index < -0.39 is 21.2 Å². The molecular formula is C37H46ClN3O6S. The Morgan fingerprint density at radius 2 is 1.98 bits per heavy atom. The van der Waals surface area contributed by atoms with Crippen molar-refractivity contribution in [3.8, 4) is 5.75 Å². The van der Waals surface area contributed by atoms with Gasteiger partial charge in [-0.25, -0.2) is 13.1 Å². The number of nitrogens with zero attached hydrogens (tertiary/aromatic N) is 2. The number of aryl methyl sites for hydroxylation is 1. The number of carbonyl (C=O) groups is 2. The van der Waals surface area contributed by atoms with E-state index in [1.807, 2.05) is 36.1 Å². The number of hydrogen-bond acceptors (Lipinski definition) is 7. The van der Waals surface area contributed by atoms with Crippen molar-refractivity contribution in [3.05, 3.63) is 70.3 Å². The molecule has 1 spiro atoms. The van der Waals surface area contributed by atoms with Gasteiger partial charge in [-0.2, -0.15) is 0 Å². The number of fused-ring (bicyclic) bond motifs is 4. The molecule has 9 nitrogen and oxygen atoms in total. The van der Waals surface area contributed by atoms with Gasteiger partial charge in [-0.3, -0.25) is 9.59 Å². The van der Waals surface area contributed by atoms with Gasteiger partial charge in [0.2, 0.25) is 15.9 Å². The van der Waals surface area contributed by atoms with Crippen molar-refractivity contribution in [1.29, 1.82) is 0 Å². The number of allylic oxidation sites excluding steroid dienone is 1. The number of hydrogen-bond donors (Lipinski definition) is 1. The van der Waals surface area contributed by atoms with Crippen molar-refractivity contribution in [1.82, 2.24) is 9.62 Å². The molecule has 5 aliphatic rings. The van der Waals surface area contributed by atoms with Crippen LogP contribution in [0.1, 0.15) is 79.8 Å². The molecule has 0 unspecified atom stereocenters. The molecule has 0 aromatic heterocycles. The smallest absolute Gasteiger partial charge is 0.264 e. The van der Waals surface area contributed by atoms with Gasteiger partial charge < -0.3 is 19.3 Å². The van der Waals surface area contributed by atoms with Crippen LogP contribution in [0.25, 0.3) is 0 Å². The molecule has 2 aromatic rings. The molecule has 1 saturated heterocycles. The van der Waals surface area contributed by atoms with Gasteiger partial charge in [0.05, 0.1) is 23.6 Å². The summed E-state index contributed by atoms with van der Waals surface area (Å²) in [6.07, 6.45) is 11.1. The Hall–Kier alpha value is -3.08. The van der Waals surface area contributed by atoms with Gasteiger partial charge in [-0.1, -0.05) is 36.7 Å². The second kappa shape index (κ2) is 13.7. The number of benzene rings is 2. The van der Waals surface area contributed by atoms with Crippen LogP contribution in [0.15, 0.2) is 48.6 Å². The lowest BCUT2D eigenvalue weighted by Crippen LogP contribution is -2.50. The average Bonchev–Trinajstić information content (AvgIpc) is 3.16. The molecule has 1 saturated carbocycles. The first-order valence-electron chi connectivity index (χ1n) is 17.6. The summed E-state index contributed by atoms with van der Waals surface area (Å²) in [6, 6.07) is 11.5. The molecule has 2 aromatic carbocycles. The molecule has 2 bridgehead atoms. The number of nitrogens with one attached hydrogen (secondary N) is 1. The molecule has 3 aliphatic heterocycles. The van der Waals surface area contributed by atoms with Crippen molar-refractivity contribution in [2.45, 2.75) is 81.5 Å². The van der Waals surface area contributed by atoms with Crippen molar-refractivity contribution >= 4 is 39.1 Å². The van der Waals surface area contributed by atoms with Crippen LogP contribution in [-0.2, 0) is 31.4 Å². The van der Waals surface area contributed by atoms with Crippen LogP contribution in [0, 0.1) is 11.8 Å². The molecule has 5 atom stereocenters. The zero-order chi connectivity index (χ0) is 33.5. The van der Waals surface area contributed by atoms with Crippen LogP contribution in [0.3, 0.4) is 0 Å². The maximum absolute atomic E-state index is 13.5. The molecule has 3 heterocycles. The number of halogens is 1. The van der Waals surface area contributed by atoms with Crippen molar-refractivity contribution in [2.24, 2.45) is 11.8 Å². The van der Waals surface area contributed by atoms with Crippen molar-refractivity contribution in [2.75, 3.05) is 44.3 Å². The Morgan fingerprint density at radius 1 is 1.12 bits per heavy atom. The summed E-state index contributed by atoms with van der Waals surface area (Å²) in [5.74, 6) is 0.580. The number of rotatable bonds is 4. The average molecular weight is 696 g/mol. The van der Waals surface area contributed by atoms with E-state index in [0.29, 0.717) is 44.1 Å². The quantitative estimate of drug-likeness (QED) is 0.413. The Balaban J connectivity index is 1.26. The molecule has 2 amide bonds. The van der Waals surface area contributed by atoms with Gasteiger partial charge >= 0.3 is 0 Å². The standard InChI is InChI=1S/C37H46ClN3O6S/c1-2-29-8-3-4-9-33(46-22-35(42)40-17-6-18-40)30-13-10-27(30)21-41-23-37(16-5-7-25-19-28(38)12-14-31(25)37)24-47-34-15-11-26(20-32(34)41)36(43)39-48(29,44)45/h4,9,11-12,14-15,19-20,27,29-30,33H,2-3,5-8,10,13,16-18,21-24H2,1H3,(H,39,43)/b9-4+/t27-,29+,30+,33-,37-/m0/s1. The van der Waals surface area contributed by atoms with Crippen LogP contribution in [-0.4, -0.2) is 75.9 Å². The monoisotopic (exact) mass is 695 g/mol. The van der Waals surface area contributed by atoms with Crippen molar-refractivity contribution in [3.63, 3.8) is 0 Å². The summed E-state index contributed by atoms with van der Waals surface area (Å²) in [5, 5.41) is 0.0109. The lowest BCUT2D eigenvalue weighted by Gasteiger charge is -2.46. The zero-order valence-corrected chi connectivity index (χ0v) is 29.2. The van der Waals surface area contributed by atoms with E-state index >= 15 is 0 Å². The third-order valence-corrected chi connectivity index (χ3v) is 13.5. The lowest BCUT2D eigenvalue weighted by molar-refractivity contribution is -0.143. The molecule has 2 fully saturated rings. The van der Waals surface area contributed by atoms with E-state index in [1.54, 1.807) is 12.1 Å². The number of carbonyl (C=O) groups excluding carboxylic acids is 2. The minimum absolute atomic E-state index is 0.0229. The summed E-state index contributed by atoms with van der Waals surface area (Å²) in [6.45, 7) is 5.34. The zero-order valence-electron chi connectivity index (χ0n) is 27.7. The van der Waals surface area contributed by atoms with Crippen LogP contribution in [0.4, 0.5) is 5.69 Å². The summed E-state index contributed by atoms with van der Waals surface area (Å²) in [4.78, 5) is 30.5. The van der Waals surface area contributed by atoms with E-state index in [-0.39, 0.29) is 35.5 Å². The van der Waals surface area contributed by atoms with E-state index in [1.165, 1.54) is 11.1 Å². The minimum Gasteiger partial charge on any atom is -0.490 e. The van der Waals surface area contributed by atoms with E-state index in [0.717, 1.165) is 68.9 Å². The van der Waals surface area contributed by atoms with Gasteiger partial charge in [-0.15, -0.1) is 0 Å². The highest BCUT2D eigenvalue weighted by Crippen LogP contribution is 2.47. The summed E-state index contributed by atoms with van der Waals surface area (Å²) >= 11 is 6.44. The largest absolute Gasteiger partial charge is 0.490 e. The highest BCUT2D eigenvalue weighted by atomic mass is 35.5. The molecule has 0 radical (unpaired) electrons. The first-order chi connectivity index (χ1) is 23.2. The van der Waals surface area contributed by atoms with Crippen LogP contribution >= 0.6 is 11.6 Å². The highest BCUT2D eigenvalue weighted by Gasteiger charge is 2.45. The Bertz CT molecular complexity index is 1690. The number of likely N-dealkylation sites (tertiary alicyclic amines) is 1. The molecule has 11 heteroatoms. The number of amides is 2. The second-order valence-corrected chi connectivity index (χ2v) is 16.7. The summed E-state index contributed by atoms with van der Waals surface area (Å²) in [7, 11) is -3.92. The predicted octanol–water partition coefficient (Wildman–Crippen LogP) is 5.65. The molecule has 48 heavy (non-hydrogen) atoms. The molecule has 1 N–H and O–H groups in total. The van der Waals surface area contributed by atoms with Gasteiger partial charge in [0.1, 0.15) is 12.4 Å².